The number of rotatable bonds is 4. The fraction of sp³-hybridized carbons (Fsp3) is 0.0769. The summed E-state index contributed by atoms with van der Waals surface area (Å²) in [5.41, 5.74) is 2.36. The summed E-state index contributed by atoms with van der Waals surface area (Å²) >= 11 is 6.64. The minimum Gasteiger partial charge on any atom is -0.333 e. The van der Waals surface area contributed by atoms with Crippen molar-refractivity contribution in [3.8, 4) is 0 Å². The second kappa shape index (κ2) is 5.62. The lowest BCUT2D eigenvalue weighted by Gasteiger charge is -1.95. The first kappa shape index (κ1) is 14.7. The van der Waals surface area contributed by atoms with Crippen LogP contribution in [-0.2, 0) is 5.75 Å². The molecule has 10 heteroatoms. The van der Waals surface area contributed by atoms with Gasteiger partial charge in [-0.15, -0.1) is 11.3 Å². The molecule has 0 aliphatic heterocycles. The van der Waals surface area contributed by atoms with Crippen molar-refractivity contribution in [2.75, 3.05) is 0 Å². The molecule has 7 nitrogen and oxygen atoms in total. The molecule has 1 aromatic carbocycles. The number of hydrogen-bond donors (Lipinski definition) is 1. The zero-order chi connectivity index (χ0) is 16.0. The molecule has 0 radical (unpaired) electrons. The molecule has 23 heavy (non-hydrogen) atoms. The Hall–Kier alpha value is -1.91. The minimum absolute atomic E-state index is 0.0507. The number of hydrogen-bond acceptors (Lipinski definition) is 6. The van der Waals surface area contributed by atoms with Gasteiger partial charge in [-0.2, -0.15) is 0 Å². The molecule has 0 aliphatic rings. The third-order valence-electron chi connectivity index (χ3n) is 3.27. The normalized spacial score (nSPS) is 11.5. The molecule has 0 unspecified atom stereocenters. The molecule has 0 amide bonds. The quantitative estimate of drug-likeness (QED) is 0.309. The predicted octanol–water partition coefficient (Wildman–Crippen LogP) is 4.24. The number of imidazole rings is 2. The van der Waals surface area contributed by atoms with Crippen molar-refractivity contribution >= 4 is 60.7 Å². The van der Waals surface area contributed by atoms with Gasteiger partial charge in [0.25, 0.3) is 5.69 Å². The lowest BCUT2D eigenvalue weighted by Crippen LogP contribution is -1.86. The van der Waals surface area contributed by atoms with Crippen LogP contribution in [0.25, 0.3) is 16.0 Å². The zero-order valence-corrected chi connectivity index (χ0v) is 14.6. The average Bonchev–Trinajstić information content (AvgIpc) is 3.20. The van der Waals surface area contributed by atoms with E-state index in [0.29, 0.717) is 21.9 Å². The number of nitrogens with one attached hydrogen (secondary N) is 1. The number of H-pyrrole nitrogens is 1. The largest absolute Gasteiger partial charge is 0.333 e. The molecule has 0 saturated carbocycles. The number of non-ortho nitro benzene ring substituents is 1. The van der Waals surface area contributed by atoms with Gasteiger partial charge in [-0.25, -0.2) is 9.97 Å². The third-order valence-corrected chi connectivity index (χ3v) is 5.75. The maximum absolute atomic E-state index is 10.8. The van der Waals surface area contributed by atoms with Gasteiger partial charge in [0.05, 0.1) is 21.7 Å². The van der Waals surface area contributed by atoms with Crippen molar-refractivity contribution in [1.82, 2.24) is 19.4 Å². The second-order valence-electron chi connectivity index (χ2n) is 4.69. The number of benzene rings is 1. The molecule has 116 valence electrons. The van der Waals surface area contributed by atoms with E-state index in [1.165, 1.54) is 23.9 Å². The highest BCUT2D eigenvalue weighted by molar-refractivity contribution is 9.10. The number of nitro groups is 1. The number of aromatic nitrogens is 4. The van der Waals surface area contributed by atoms with Crippen LogP contribution in [0.3, 0.4) is 0 Å². The summed E-state index contributed by atoms with van der Waals surface area (Å²) in [6, 6.07) is 4.60. The smallest absolute Gasteiger partial charge is 0.271 e. The second-order valence-corrected chi connectivity index (χ2v) is 7.28. The molecule has 0 aliphatic carbocycles. The molecule has 4 rings (SSSR count). The van der Waals surface area contributed by atoms with E-state index in [9.17, 15) is 10.1 Å². The summed E-state index contributed by atoms with van der Waals surface area (Å²) < 4.78 is 2.93. The Morgan fingerprint density at radius 2 is 2.30 bits per heavy atom. The van der Waals surface area contributed by atoms with Crippen molar-refractivity contribution in [2.24, 2.45) is 0 Å². The van der Waals surface area contributed by atoms with Gasteiger partial charge in [-0.1, -0.05) is 11.8 Å². The fourth-order valence-corrected chi connectivity index (χ4v) is 4.56. The molecule has 0 atom stereocenters. The minimum atomic E-state index is -0.415. The molecule has 0 fully saturated rings. The molecule has 3 heterocycles. The van der Waals surface area contributed by atoms with E-state index in [0.717, 1.165) is 15.3 Å². The molecular weight excluding hydrogens is 402 g/mol. The highest BCUT2D eigenvalue weighted by Crippen LogP contribution is 2.29. The van der Waals surface area contributed by atoms with Crippen molar-refractivity contribution < 1.29 is 4.92 Å². The van der Waals surface area contributed by atoms with Gasteiger partial charge in [0.2, 0.25) is 0 Å². The zero-order valence-electron chi connectivity index (χ0n) is 11.4. The molecule has 0 bridgehead atoms. The monoisotopic (exact) mass is 409 g/mol. The van der Waals surface area contributed by atoms with Crippen LogP contribution >= 0.6 is 39.0 Å². The lowest BCUT2D eigenvalue weighted by molar-refractivity contribution is -0.384. The standard InChI is InChI=1S/C13H8BrN5O2S2/c14-11-10(17-13-18(11)3-4-22-13)6-23-12-15-8-2-1-7(19(20)21)5-9(8)16-12/h1-5H,6H2,(H,15,16). The summed E-state index contributed by atoms with van der Waals surface area (Å²) in [7, 11) is 0. The topological polar surface area (TPSA) is 89.1 Å². The number of fused-ring (bicyclic) bond motifs is 2. The van der Waals surface area contributed by atoms with Crippen molar-refractivity contribution in [2.45, 2.75) is 10.9 Å². The van der Waals surface area contributed by atoms with E-state index in [2.05, 4.69) is 30.9 Å². The Morgan fingerprint density at radius 1 is 1.43 bits per heavy atom. The number of thioether (sulfide) groups is 1. The van der Waals surface area contributed by atoms with Crippen molar-refractivity contribution in [3.05, 3.63) is 50.2 Å². The molecule has 4 aromatic rings. The summed E-state index contributed by atoms with van der Waals surface area (Å²) in [6.45, 7) is 0. The van der Waals surface area contributed by atoms with Gasteiger partial charge in [0, 0.05) is 29.5 Å². The van der Waals surface area contributed by atoms with E-state index in [1.807, 2.05) is 16.0 Å². The van der Waals surface area contributed by atoms with Crippen LogP contribution in [-0.4, -0.2) is 24.3 Å². The third kappa shape index (κ3) is 2.62. The Balaban J connectivity index is 1.58. The molecular formula is C13H8BrN5O2S2. The van der Waals surface area contributed by atoms with E-state index in [-0.39, 0.29) is 5.69 Å². The van der Waals surface area contributed by atoms with Crippen molar-refractivity contribution in [3.63, 3.8) is 0 Å². The van der Waals surface area contributed by atoms with Crippen molar-refractivity contribution in [1.29, 1.82) is 0 Å². The molecule has 3 aromatic heterocycles. The van der Waals surface area contributed by atoms with Gasteiger partial charge < -0.3 is 4.98 Å². The Bertz CT molecular complexity index is 1040. The highest BCUT2D eigenvalue weighted by Gasteiger charge is 2.13. The van der Waals surface area contributed by atoms with Crippen LogP contribution in [0.2, 0.25) is 0 Å². The van der Waals surface area contributed by atoms with Gasteiger partial charge in [-0.3, -0.25) is 14.5 Å². The maximum atomic E-state index is 10.8. The van der Waals surface area contributed by atoms with Crippen LogP contribution in [0, 0.1) is 10.1 Å². The van der Waals surface area contributed by atoms with E-state index >= 15 is 0 Å². The molecule has 1 N–H and O–H groups in total. The summed E-state index contributed by atoms with van der Waals surface area (Å²) in [6.07, 6.45) is 1.96. The number of nitrogens with zero attached hydrogens (tertiary/aromatic N) is 4. The van der Waals surface area contributed by atoms with Crippen LogP contribution in [0.4, 0.5) is 5.69 Å². The number of nitro benzene ring substituents is 1. The van der Waals surface area contributed by atoms with E-state index < -0.39 is 4.92 Å². The maximum Gasteiger partial charge on any atom is 0.271 e. The van der Waals surface area contributed by atoms with Crippen LogP contribution in [0.5, 0.6) is 0 Å². The number of aromatic amines is 1. The first-order valence-electron chi connectivity index (χ1n) is 6.49. The van der Waals surface area contributed by atoms with Gasteiger partial charge >= 0.3 is 0 Å². The average molecular weight is 410 g/mol. The first-order chi connectivity index (χ1) is 11.1. The van der Waals surface area contributed by atoms with Gasteiger partial charge in [0.15, 0.2) is 10.1 Å². The summed E-state index contributed by atoms with van der Waals surface area (Å²) in [5.74, 6) is 0.650. The molecule has 0 saturated heterocycles. The lowest BCUT2D eigenvalue weighted by atomic mass is 10.3. The van der Waals surface area contributed by atoms with Crippen LogP contribution in [0.15, 0.2) is 39.5 Å². The first-order valence-corrected chi connectivity index (χ1v) is 9.14. The Morgan fingerprint density at radius 3 is 3.09 bits per heavy atom. The Labute approximate surface area is 146 Å². The van der Waals surface area contributed by atoms with Crippen LogP contribution < -0.4 is 0 Å². The Kier molecular flexibility index (Phi) is 3.58. The van der Waals surface area contributed by atoms with E-state index in [1.54, 1.807) is 17.4 Å². The fourth-order valence-electron chi connectivity index (χ4n) is 2.19. The van der Waals surface area contributed by atoms with Crippen LogP contribution in [0.1, 0.15) is 5.69 Å². The predicted molar refractivity (Wildman–Crippen MR) is 93.1 cm³/mol. The van der Waals surface area contributed by atoms with Gasteiger partial charge in [0.1, 0.15) is 4.60 Å². The highest BCUT2D eigenvalue weighted by atomic mass is 79.9. The molecule has 0 spiro atoms. The summed E-state index contributed by atoms with van der Waals surface area (Å²) in [5, 5.41) is 13.5. The summed E-state index contributed by atoms with van der Waals surface area (Å²) in [4.78, 5) is 23.4. The SMILES string of the molecule is O=[N+]([O-])c1ccc2nc(SCc3nc4sccn4c3Br)[nH]c2c1. The van der Waals surface area contributed by atoms with E-state index in [4.69, 9.17) is 0 Å². The van der Waals surface area contributed by atoms with Gasteiger partial charge in [-0.05, 0) is 22.0 Å². The number of thiazole rings is 1. The number of halogens is 1.